The Bertz CT molecular complexity index is 377. The van der Waals surface area contributed by atoms with E-state index in [0.717, 1.165) is 12.4 Å². The Labute approximate surface area is 123 Å². The zero-order valence-corrected chi connectivity index (χ0v) is 12.8. The fourth-order valence-electron chi connectivity index (χ4n) is 3.15. The van der Waals surface area contributed by atoms with Crippen molar-refractivity contribution in [3.05, 3.63) is 35.4 Å². The molecular formula is C17H26ClN. The van der Waals surface area contributed by atoms with Crippen LogP contribution in [0.25, 0.3) is 0 Å². The number of nitrogens with zero attached hydrogens (tertiary/aromatic N) is 1. The number of fused-ring (bicyclic) bond motifs is 1. The van der Waals surface area contributed by atoms with E-state index in [1.54, 1.807) is 11.1 Å². The van der Waals surface area contributed by atoms with E-state index >= 15 is 0 Å². The van der Waals surface area contributed by atoms with Crippen LogP contribution in [-0.4, -0.2) is 30.4 Å². The second-order valence-electron chi connectivity index (χ2n) is 5.63. The summed E-state index contributed by atoms with van der Waals surface area (Å²) >= 11 is 5.95. The van der Waals surface area contributed by atoms with Gasteiger partial charge in [-0.05, 0) is 49.3 Å². The number of unbranched alkanes of at least 4 members (excludes halogenated alkanes) is 1. The Morgan fingerprint density at radius 2 is 2.11 bits per heavy atom. The van der Waals surface area contributed by atoms with Crippen molar-refractivity contribution >= 4 is 11.6 Å². The minimum Gasteiger partial charge on any atom is -0.302 e. The number of hydrogen-bond donors (Lipinski definition) is 0. The second-order valence-corrected chi connectivity index (χ2v) is 6.01. The minimum atomic E-state index is 0.713. The van der Waals surface area contributed by atoms with Crippen molar-refractivity contribution in [2.75, 3.05) is 25.5 Å². The number of rotatable bonds is 7. The Kier molecular flexibility index (Phi) is 6.19. The Morgan fingerprint density at radius 1 is 1.26 bits per heavy atom. The van der Waals surface area contributed by atoms with Crippen molar-refractivity contribution in [1.29, 1.82) is 0 Å². The highest BCUT2D eigenvalue weighted by Crippen LogP contribution is 2.32. The summed E-state index contributed by atoms with van der Waals surface area (Å²) in [6, 6.07) is 9.00. The first-order valence-electron chi connectivity index (χ1n) is 7.71. The summed E-state index contributed by atoms with van der Waals surface area (Å²) in [6.07, 6.45) is 6.48. The highest BCUT2D eigenvalue weighted by molar-refractivity contribution is 6.18. The minimum absolute atomic E-state index is 0.713. The van der Waals surface area contributed by atoms with Crippen molar-refractivity contribution in [1.82, 2.24) is 4.90 Å². The van der Waals surface area contributed by atoms with E-state index < -0.39 is 0 Å². The van der Waals surface area contributed by atoms with Crippen LogP contribution in [0.5, 0.6) is 0 Å². The van der Waals surface area contributed by atoms with Gasteiger partial charge in [0.25, 0.3) is 0 Å². The average molecular weight is 280 g/mol. The van der Waals surface area contributed by atoms with Gasteiger partial charge in [0.05, 0.1) is 0 Å². The van der Waals surface area contributed by atoms with Crippen molar-refractivity contribution in [2.24, 2.45) is 0 Å². The van der Waals surface area contributed by atoms with Gasteiger partial charge in [-0.3, -0.25) is 0 Å². The quantitative estimate of drug-likeness (QED) is 0.667. The Balaban J connectivity index is 2.01. The molecule has 1 aromatic carbocycles. The van der Waals surface area contributed by atoms with Gasteiger partial charge in [0.1, 0.15) is 0 Å². The number of hydrogen-bond acceptors (Lipinski definition) is 1. The highest BCUT2D eigenvalue weighted by atomic mass is 35.5. The van der Waals surface area contributed by atoms with E-state index in [4.69, 9.17) is 11.6 Å². The van der Waals surface area contributed by atoms with E-state index in [-0.39, 0.29) is 0 Å². The Hall–Kier alpha value is -0.530. The fourth-order valence-corrected chi connectivity index (χ4v) is 3.39. The lowest BCUT2D eigenvalue weighted by Gasteiger charge is -2.31. The smallest absolute Gasteiger partial charge is 0.0351 e. The van der Waals surface area contributed by atoms with Crippen molar-refractivity contribution in [3.8, 4) is 0 Å². The fraction of sp³-hybridized carbons (Fsp3) is 0.647. The maximum atomic E-state index is 5.95. The summed E-state index contributed by atoms with van der Waals surface area (Å²) in [4.78, 5) is 2.56. The van der Waals surface area contributed by atoms with Crippen LogP contribution in [0.15, 0.2) is 24.3 Å². The molecule has 1 atom stereocenters. The van der Waals surface area contributed by atoms with Crippen LogP contribution in [0.1, 0.15) is 49.7 Å². The normalized spacial score (nSPS) is 18.6. The summed E-state index contributed by atoms with van der Waals surface area (Å²) in [7, 11) is 0. The van der Waals surface area contributed by atoms with Gasteiger partial charge < -0.3 is 4.90 Å². The first-order valence-corrected chi connectivity index (χ1v) is 8.24. The molecule has 0 N–H and O–H groups in total. The Morgan fingerprint density at radius 3 is 2.89 bits per heavy atom. The molecular weight excluding hydrogens is 254 g/mol. The van der Waals surface area contributed by atoms with Gasteiger partial charge >= 0.3 is 0 Å². The number of aryl methyl sites for hydroxylation is 1. The lowest BCUT2D eigenvalue weighted by atomic mass is 9.82. The molecule has 0 saturated heterocycles. The molecule has 0 radical (unpaired) electrons. The topological polar surface area (TPSA) is 3.24 Å². The maximum Gasteiger partial charge on any atom is 0.0351 e. The van der Waals surface area contributed by atoms with Crippen LogP contribution in [0.3, 0.4) is 0 Å². The molecule has 19 heavy (non-hydrogen) atoms. The highest BCUT2D eigenvalue weighted by Gasteiger charge is 2.21. The van der Waals surface area contributed by atoms with Crippen molar-refractivity contribution in [3.63, 3.8) is 0 Å². The largest absolute Gasteiger partial charge is 0.302 e. The number of benzene rings is 1. The molecule has 0 saturated carbocycles. The molecule has 1 unspecified atom stereocenters. The summed E-state index contributed by atoms with van der Waals surface area (Å²) in [5.74, 6) is 1.46. The monoisotopic (exact) mass is 279 g/mol. The van der Waals surface area contributed by atoms with E-state index in [1.807, 2.05) is 0 Å². The third-order valence-corrected chi connectivity index (χ3v) is 4.37. The molecule has 1 aliphatic carbocycles. The molecule has 1 nitrogen and oxygen atoms in total. The van der Waals surface area contributed by atoms with Crippen molar-refractivity contribution in [2.45, 2.75) is 44.9 Å². The molecule has 2 heteroatoms. The first kappa shape index (κ1) is 14.9. The molecule has 0 spiro atoms. The molecule has 0 bridgehead atoms. The standard InChI is InChI=1S/C17H26ClN/c1-2-3-12-19(13-11-18)14-16-9-6-8-15-7-4-5-10-17(15)16/h4-5,7,10,16H,2-3,6,8-9,11-14H2,1H3. The first-order chi connectivity index (χ1) is 9.35. The molecule has 1 aliphatic rings. The predicted molar refractivity (Wildman–Crippen MR) is 84.2 cm³/mol. The van der Waals surface area contributed by atoms with Crippen LogP contribution < -0.4 is 0 Å². The molecule has 106 valence electrons. The molecule has 0 aliphatic heterocycles. The molecule has 2 rings (SSSR count). The van der Waals surface area contributed by atoms with Gasteiger partial charge in [-0.2, -0.15) is 0 Å². The van der Waals surface area contributed by atoms with Crippen molar-refractivity contribution < 1.29 is 0 Å². The average Bonchev–Trinajstić information content (AvgIpc) is 2.45. The van der Waals surface area contributed by atoms with E-state index in [0.29, 0.717) is 5.92 Å². The molecule has 0 amide bonds. The van der Waals surface area contributed by atoms with Crippen LogP contribution in [0.4, 0.5) is 0 Å². The predicted octanol–water partition coefficient (Wildman–Crippen LogP) is 4.45. The lowest BCUT2D eigenvalue weighted by Crippen LogP contribution is -2.32. The van der Waals surface area contributed by atoms with Crippen LogP contribution in [-0.2, 0) is 6.42 Å². The molecule has 0 aromatic heterocycles. The summed E-state index contributed by atoms with van der Waals surface area (Å²) < 4.78 is 0. The van der Waals surface area contributed by atoms with Crippen LogP contribution in [0, 0.1) is 0 Å². The van der Waals surface area contributed by atoms with Gasteiger partial charge in [0.2, 0.25) is 0 Å². The van der Waals surface area contributed by atoms with Gasteiger partial charge in [-0.25, -0.2) is 0 Å². The summed E-state index contributed by atoms with van der Waals surface area (Å²) in [5, 5.41) is 0. The number of halogens is 1. The molecule has 1 aromatic rings. The van der Waals surface area contributed by atoms with E-state index in [9.17, 15) is 0 Å². The summed E-state index contributed by atoms with van der Waals surface area (Å²) in [5.41, 5.74) is 3.16. The lowest BCUT2D eigenvalue weighted by molar-refractivity contribution is 0.257. The SMILES string of the molecule is CCCCN(CCCl)CC1CCCc2ccccc21. The molecule has 0 fully saturated rings. The van der Waals surface area contributed by atoms with Gasteiger partial charge in [-0.1, -0.05) is 37.6 Å². The third-order valence-electron chi connectivity index (χ3n) is 4.20. The van der Waals surface area contributed by atoms with Gasteiger partial charge in [-0.15, -0.1) is 11.6 Å². The van der Waals surface area contributed by atoms with Gasteiger partial charge in [0.15, 0.2) is 0 Å². The second kappa shape index (κ2) is 7.91. The zero-order valence-electron chi connectivity index (χ0n) is 12.1. The van der Waals surface area contributed by atoms with E-state index in [1.165, 1.54) is 45.2 Å². The van der Waals surface area contributed by atoms with Crippen LogP contribution >= 0.6 is 11.6 Å². The van der Waals surface area contributed by atoms with Crippen LogP contribution in [0.2, 0.25) is 0 Å². The zero-order chi connectivity index (χ0) is 13.5. The van der Waals surface area contributed by atoms with E-state index in [2.05, 4.69) is 36.1 Å². The summed E-state index contributed by atoms with van der Waals surface area (Å²) in [6.45, 7) is 5.67. The van der Waals surface area contributed by atoms with Gasteiger partial charge in [0, 0.05) is 19.0 Å². The maximum absolute atomic E-state index is 5.95. The third kappa shape index (κ3) is 4.22. The molecule has 0 heterocycles. The number of alkyl halides is 1.